The van der Waals surface area contributed by atoms with Crippen LogP contribution in [0.3, 0.4) is 0 Å². The quantitative estimate of drug-likeness (QED) is 0.749. The van der Waals surface area contributed by atoms with Gasteiger partial charge in [0.05, 0.1) is 28.5 Å². The van der Waals surface area contributed by atoms with E-state index in [1.807, 2.05) is 0 Å². The molecule has 0 fully saturated rings. The molecule has 0 atom stereocenters. The summed E-state index contributed by atoms with van der Waals surface area (Å²) in [7, 11) is 0. The largest absolute Gasteiger partial charge is 0.418 e. The lowest BCUT2D eigenvalue weighted by atomic mass is 10.0. The number of aromatic amines is 1. The second kappa shape index (κ2) is 4.69. The topological polar surface area (TPSA) is 58.6 Å². The third-order valence-corrected chi connectivity index (χ3v) is 3.04. The van der Waals surface area contributed by atoms with Crippen molar-refractivity contribution in [2.45, 2.75) is 6.18 Å². The first-order valence-corrected chi connectivity index (χ1v) is 5.97. The highest BCUT2D eigenvalue weighted by Gasteiger charge is 2.34. The molecule has 3 rings (SSSR count). The minimum absolute atomic E-state index is 0.0872. The van der Waals surface area contributed by atoms with E-state index in [-0.39, 0.29) is 16.6 Å². The van der Waals surface area contributed by atoms with Gasteiger partial charge in [0.25, 0.3) is 5.56 Å². The third kappa shape index (κ3) is 2.26. The Bertz CT molecular complexity index is 866. The van der Waals surface area contributed by atoms with E-state index in [0.717, 1.165) is 6.07 Å². The molecule has 1 N–H and O–H groups in total. The molecule has 2 aromatic heterocycles. The first-order valence-electron chi connectivity index (χ1n) is 5.97. The summed E-state index contributed by atoms with van der Waals surface area (Å²) in [5.41, 5.74) is -1.26. The van der Waals surface area contributed by atoms with Crippen molar-refractivity contribution < 1.29 is 13.2 Å². The molecule has 0 unspecified atom stereocenters. The number of nitrogens with one attached hydrogen (secondary N) is 1. The van der Waals surface area contributed by atoms with Gasteiger partial charge in [0, 0.05) is 11.8 Å². The molecule has 0 aliphatic carbocycles. The van der Waals surface area contributed by atoms with Crippen molar-refractivity contribution in [1.29, 1.82) is 0 Å². The van der Waals surface area contributed by atoms with Crippen LogP contribution in [-0.2, 0) is 6.18 Å². The lowest BCUT2D eigenvalue weighted by molar-refractivity contribution is -0.137. The van der Waals surface area contributed by atoms with E-state index in [0.29, 0.717) is 5.52 Å². The number of aromatic nitrogens is 3. The van der Waals surface area contributed by atoms with Crippen LogP contribution in [0.25, 0.3) is 22.2 Å². The summed E-state index contributed by atoms with van der Waals surface area (Å²) in [6, 6.07) is 6.67. The van der Waals surface area contributed by atoms with Crippen molar-refractivity contribution in [2.75, 3.05) is 0 Å². The van der Waals surface area contributed by atoms with Crippen LogP contribution in [0.15, 0.2) is 47.7 Å². The third-order valence-electron chi connectivity index (χ3n) is 3.04. The summed E-state index contributed by atoms with van der Waals surface area (Å²) < 4.78 is 39.3. The number of hydrogen-bond donors (Lipinski definition) is 1. The lowest BCUT2D eigenvalue weighted by Gasteiger charge is -2.12. The van der Waals surface area contributed by atoms with Crippen LogP contribution in [0.2, 0.25) is 0 Å². The number of rotatable bonds is 1. The molecule has 106 valence electrons. The molecular weight excluding hydrogens is 283 g/mol. The van der Waals surface area contributed by atoms with Gasteiger partial charge < -0.3 is 4.98 Å². The van der Waals surface area contributed by atoms with Crippen molar-refractivity contribution >= 4 is 10.9 Å². The molecule has 0 saturated heterocycles. The van der Waals surface area contributed by atoms with Gasteiger partial charge >= 0.3 is 6.18 Å². The monoisotopic (exact) mass is 291 g/mol. The van der Waals surface area contributed by atoms with E-state index in [9.17, 15) is 18.0 Å². The Morgan fingerprint density at radius 3 is 2.62 bits per heavy atom. The van der Waals surface area contributed by atoms with Crippen LogP contribution in [-0.4, -0.2) is 15.0 Å². The first-order chi connectivity index (χ1) is 9.98. The minimum atomic E-state index is -4.55. The Balaban J connectivity index is 2.40. The van der Waals surface area contributed by atoms with Crippen LogP contribution in [0.5, 0.6) is 0 Å². The lowest BCUT2D eigenvalue weighted by Crippen LogP contribution is -2.11. The van der Waals surface area contributed by atoms with Crippen molar-refractivity contribution in [3.05, 3.63) is 58.8 Å². The molecule has 0 spiro atoms. The van der Waals surface area contributed by atoms with E-state index in [2.05, 4.69) is 15.0 Å². The van der Waals surface area contributed by atoms with Crippen LogP contribution < -0.4 is 5.56 Å². The number of H-pyrrole nitrogens is 1. The predicted molar refractivity (Wildman–Crippen MR) is 70.6 cm³/mol. The fraction of sp³-hybridized carbons (Fsp3) is 0.0714. The van der Waals surface area contributed by atoms with Crippen LogP contribution >= 0.6 is 0 Å². The molecule has 0 radical (unpaired) electrons. The predicted octanol–water partition coefficient (Wildman–Crippen LogP) is 3.00. The maximum atomic E-state index is 13.1. The molecule has 2 heterocycles. The maximum Gasteiger partial charge on any atom is 0.418 e. The maximum absolute atomic E-state index is 13.1. The number of pyridine rings is 1. The van der Waals surface area contributed by atoms with Gasteiger partial charge in [-0.3, -0.25) is 9.78 Å². The smallest absolute Gasteiger partial charge is 0.313 e. The van der Waals surface area contributed by atoms with Crippen molar-refractivity contribution in [1.82, 2.24) is 15.0 Å². The Hall–Kier alpha value is -2.70. The highest BCUT2D eigenvalue weighted by Crippen LogP contribution is 2.36. The van der Waals surface area contributed by atoms with Gasteiger partial charge in [-0.2, -0.15) is 13.2 Å². The second-order valence-corrected chi connectivity index (χ2v) is 4.33. The summed E-state index contributed by atoms with van der Waals surface area (Å²) in [5, 5.41) is 0.0872. The van der Waals surface area contributed by atoms with Crippen LogP contribution in [0.1, 0.15) is 5.56 Å². The molecule has 0 amide bonds. The molecule has 0 aliphatic heterocycles. The number of alkyl halides is 3. The molecular formula is C14H8F3N3O. The average molecular weight is 291 g/mol. The van der Waals surface area contributed by atoms with Gasteiger partial charge in [0.1, 0.15) is 0 Å². The molecule has 0 aliphatic rings. The summed E-state index contributed by atoms with van der Waals surface area (Å²) in [6.45, 7) is 0. The first kappa shape index (κ1) is 13.3. The second-order valence-electron chi connectivity index (χ2n) is 4.33. The normalized spacial score (nSPS) is 11.8. The van der Waals surface area contributed by atoms with Crippen molar-refractivity contribution in [3.8, 4) is 11.3 Å². The van der Waals surface area contributed by atoms with E-state index in [4.69, 9.17) is 0 Å². The number of hydrogen-bond acceptors (Lipinski definition) is 3. The zero-order valence-electron chi connectivity index (χ0n) is 10.5. The Morgan fingerprint density at radius 2 is 1.86 bits per heavy atom. The fourth-order valence-corrected chi connectivity index (χ4v) is 2.16. The summed E-state index contributed by atoms with van der Waals surface area (Å²) in [6.07, 6.45) is -2.09. The SMILES string of the molecule is O=c1[nH]cnc2cccc(-c3ncccc3C(F)(F)F)c12. The molecule has 0 bridgehead atoms. The van der Waals surface area contributed by atoms with E-state index >= 15 is 0 Å². The summed E-state index contributed by atoms with van der Waals surface area (Å²) >= 11 is 0. The van der Waals surface area contributed by atoms with Crippen LogP contribution in [0.4, 0.5) is 13.2 Å². The standard InChI is InChI=1S/C14H8F3N3O/c15-14(16,17)9-4-2-6-18-12(9)8-3-1-5-10-11(8)13(21)20-7-19-10/h1-7H,(H,19,20,21). The number of fused-ring (bicyclic) bond motifs is 1. The molecule has 3 aromatic rings. The zero-order valence-corrected chi connectivity index (χ0v) is 10.5. The fourth-order valence-electron chi connectivity index (χ4n) is 2.16. The van der Waals surface area contributed by atoms with E-state index < -0.39 is 17.3 Å². The molecule has 0 saturated carbocycles. The Morgan fingerprint density at radius 1 is 1.05 bits per heavy atom. The number of halogens is 3. The summed E-state index contributed by atoms with van der Waals surface area (Å²) in [5.74, 6) is 0. The highest BCUT2D eigenvalue weighted by atomic mass is 19.4. The highest BCUT2D eigenvalue weighted by molar-refractivity contribution is 5.93. The van der Waals surface area contributed by atoms with Crippen molar-refractivity contribution in [3.63, 3.8) is 0 Å². The van der Waals surface area contributed by atoms with Crippen molar-refractivity contribution in [2.24, 2.45) is 0 Å². The van der Waals surface area contributed by atoms with Gasteiger partial charge in [-0.15, -0.1) is 0 Å². The average Bonchev–Trinajstić information content (AvgIpc) is 2.46. The Labute approximate surface area is 116 Å². The number of nitrogens with zero attached hydrogens (tertiary/aromatic N) is 2. The van der Waals surface area contributed by atoms with Gasteiger partial charge in [0.2, 0.25) is 0 Å². The molecule has 1 aromatic carbocycles. The van der Waals surface area contributed by atoms with Gasteiger partial charge in [-0.1, -0.05) is 12.1 Å². The van der Waals surface area contributed by atoms with Gasteiger partial charge in [-0.05, 0) is 18.2 Å². The summed E-state index contributed by atoms with van der Waals surface area (Å²) in [4.78, 5) is 22.1. The van der Waals surface area contributed by atoms with Gasteiger partial charge in [-0.25, -0.2) is 4.98 Å². The van der Waals surface area contributed by atoms with Gasteiger partial charge in [0.15, 0.2) is 0 Å². The minimum Gasteiger partial charge on any atom is -0.313 e. The van der Waals surface area contributed by atoms with E-state index in [1.165, 1.54) is 24.7 Å². The van der Waals surface area contributed by atoms with Crippen LogP contribution in [0, 0.1) is 0 Å². The number of benzene rings is 1. The molecule has 4 nitrogen and oxygen atoms in total. The zero-order chi connectivity index (χ0) is 15.0. The Kier molecular flexibility index (Phi) is 2.97. The molecule has 7 heteroatoms. The molecule has 21 heavy (non-hydrogen) atoms. The van der Waals surface area contributed by atoms with E-state index in [1.54, 1.807) is 12.1 Å².